The molecule has 0 aromatic heterocycles. The third-order valence-electron chi connectivity index (χ3n) is 5.06. The van der Waals surface area contributed by atoms with E-state index in [-0.39, 0.29) is 28.8 Å². The molecule has 0 aliphatic carbocycles. The predicted molar refractivity (Wildman–Crippen MR) is 104 cm³/mol. The number of nitriles is 1. The molecule has 1 atom stereocenters. The summed E-state index contributed by atoms with van der Waals surface area (Å²) in [6.07, 6.45) is -9.96. The molecule has 0 saturated heterocycles. The molecule has 180 valence electrons. The Kier molecular flexibility index (Phi) is 6.47. The lowest BCUT2D eigenvalue weighted by Crippen LogP contribution is -2.33. The average Bonchev–Trinajstić information content (AvgIpc) is 3.09. The molecule has 2 aromatic rings. The summed E-state index contributed by atoms with van der Waals surface area (Å²) in [6.45, 7) is 0.0620. The summed E-state index contributed by atoms with van der Waals surface area (Å²) in [5.74, 6) is -2.62. The van der Waals surface area contributed by atoms with Gasteiger partial charge in [0.05, 0.1) is 18.2 Å². The van der Waals surface area contributed by atoms with Crippen LogP contribution in [0.3, 0.4) is 0 Å². The lowest BCUT2D eigenvalue weighted by atomic mass is 9.78. The molecule has 1 amide bonds. The van der Waals surface area contributed by atoms with Gasteiger partial charge in [0, 0.05) is 5.56 Å². The second-order valence-corrected chi connectivity index (χ2v) is 7.56. The first-order chi connectivity index (χ1) is 15.6. The van der Waals surface area contributed by atoms with Gasteiger partial charge in [0.2, 0.25) is 5.91 Å². The zero-order chi connectivity index (χ0) is 25.5. The maximum absolute atomic E-state index is 13.6. The minimum Gasteiger partial charge on any atom is -0.491 e. The highest BCUT2D eigenvalue weighted by Crippen LogP contribution is 2.39. The van der Waals surface area contributed by atoms with Crippen molar-refractivity contribution in [1.29, 1.82) is 5.26 Å². The predicted octanol–water partition coefficient (Wildman–Crippen LogP) is 2.78. The summed E-state index contributed by atoms with van der Waals surface area (Å²) in [5.41, 5.74) is 1.53. The number of benzene rings is 2. The Bertz CT molecular complexity index is 1160. The van der Waals surface area contributed by atoms with E-state index in [1.807, 2.05) is 0 Å². The van der Waals surface area contributed by atoms with Gasteiger partial charge in [-0.05, 0) is 53.8 Å². The van der Waals surface area contributed by atoms with Crippen molar-refractivity contribution in [2.45, 2.75) is 31.5 Å². The molecule has 0 saturated carbocycles. The Morgan fingerprint density at radius 3 is 2.44 bits per heavy atom. The molecular weight excluding hydrogens is 473 g/mol. The fourth-order valence-electron chi connectivity index (χ4n) is 3.38. The maximum Gasteiger partial charge on any atom is 0.573 e. The number of rotatable bonds is 6. The molecule has 0 bridgehead atoms. The van der Waals surface area contributed by atoms with Crippen molar-refractivity contribution in [2.75, 3.05) is 6.61 Å². The topological polar surface area (TPSA) is 115 Å². The van der Waals surface area contributed by atoms with Gasteiger partial charge in [-0.25, -0.2) is 0 Å². The summed E-state index contributed by atoms with van der Waals surface area (Å²) in [5, 5.41) is 19.5. The number of fused-ring (bicyclic) bond motifs is 1. The van der Waals surface area contributed by atoms with Gasteiger partial charge in [-0.1, -0.05) is 0 Å². The number of amides is 1. The van der Waals surface area contributed by atoms with E-state index in [1.165, 1.54) is 0 Å². The van der Waals surface area contributed by atoms with Gasteiger partial charge in [-0.2, -0.15) is 18.4 Å². The first kappa shape index (κ1) is 25.2. The molecule has 0 fully saturated rings. The van der Waals surface area contributed by atoms with Crippen LogP contribution in [0.5, 0.6) is 11.5 Å². The van der Waals surface area contributed by atoms with Crippen molar-refractivity contribution >= 4 is 18.5 Å². The van der Waals surface area contributed by atoms with E-state index >= 15 is 0 Å². The number of carbonyl (C=O) groups excluding carboxylic acids is 1. The van der Waals surface area contributed by atoms with Gasteiger partial charge in [-0.3, -0.25) is 4.79 Å². The highest BCUT2D eigenvalue weighted by Gasteiger charge is 2.40. The maximum atomic E-state index is 13.6. The normalized spacial score (nSPS) is 15.3. The number of carbonyl (C=O) groups is 1. The molecule has 1 heterocycles. The Balaban J connectivity index is 2.03. The number of nitrogens with zero attached hydrogens (tertiary/aromatic N) is 1. The lowest BCUT2D eigenvalue weighted by Gasteiger charge is -2.26. The van der Waals surface area contributed by atoms with Crippen LogP contribution in [0.2, 0.25) is 0 Å². The lowest BCUT2D eigenvalue weighted by molar-refractivity contribution is -0.274. The highest BCUT2D eigenvalue weighted by atomic mass is 19.4. The fourth-order valence-corrected chi connectivity index (χ4v) is 3.38. The van der Waals surface area contributed by atoms with Crippen molar-refractivity contribution in [1.82, 2.24) is 0 Å². The number of hydrogen-bond acceptors (Lipinski definition) is 6. The van der Waals surface area contributed by atoms with E-state index in [4.69, 9.17) is 15.1 Å². The van der Waals surface area contributed by atoms with Crippen LogP contribution in [0.15, 0.2) is 30.3 Å². The van der Waals surface area contributed by atoms with Crippen molar-refractivity contribution in [3.63, 3.8) is 0 Å². The zero-order valence-electron chi connectivity index (χ0n) is 17.3. The third kappa shape index (κ3) is 5.21. The van der Waals surface area contributed by atoms with Gasteiger partial charge >= 0.3 is 19.7 Å². The molecule has 0 radical (unpaired) electrons. The molecule has 2 aromatic carbocycles. The fraction of sp³-hybridized carbons (Fsp3) is 0.300. The summed E-state index contributed by atoms with van der Waals surface area (Å²) in [4.78, 5) is 11.8. The molecule has 0 spiro atoms. The number of alkyl halides is 6. The summed E-state index contributed by atoms with van der Waals surface area (Å²) >= 11 is 0. The van der Waals surface area contributed by atoms with Gasteiger partial charge in [-0.15, -0.1) is 13.2 Å². The molecule has 14 heteroatoms. The number of primary amides is 1. The molecule has 7 nitrogen and oxygen atoms in total. The van der Waals surface area contributed by atoms with Crippen LogP contribution in [-0.4, -0.2) is 31.0 Å². The molecule has 3 N–H and O–H groups in total. The van der Waals surface area contributed by atoms with Crippen molar-refractivity contribution < 1.29 is 50.3 Å². The van der Waals surface area contributed by atoms with Gasteiger partial charge in [0.1, 0.15) is 23.5 Å². The first-order valence-electron chi connectivity index (χ1n) is 9.42. The number of halogens is 6. The van der Waals surface area contributed by atoms with Crippen molar-refractivity contribution in [3.05, 3.63) is 52.6 Å². The van der Waals surface area contributed by atoms with E-state index in [0.717, 1.165) is 37.3 Å². The minimum atomic E-state index is -5.08. The van der Waals surface area contributed by atoms with Crippen molar-refractivity contribution in [3.8, 4) is 17.6 Å². The first-order valence-corrected chi connectivity index (χ1v) is 9.42. The Morgan fingerprint density at radius 2 is 1.88 bits per heavy atom. The van der Waals surface area contributed by atoms with Crippen LogP contribution < -0.4 is 20.7 Å². The van der Waals surface area contributed by atoms with Crippen LogP contribution in [-0.2, 0) is 22.9 Å². The Morgan fingerprint density at radius 1 is 1.21 bits per heavy atom. The number of hydrogen-bond donors (Lipinski definition) is 2. The second kappa shape index (κ2) is 8.73. The molecular formula is C20H15BF6N2O5. The minimum absolute atomic E-state index is 0.0278. The number of nitrogens with two attached hydrogens (primary N) is 1. The van der Waals surface area contributed by atoms with E-state index in [0.29, 0.717) is 0 Å². The smallest absolute Gasteiger partial charge is 0.491 e. The largest absolute Gasteiger partial charge is 0.573 e. The van der Waals surface area contributed by atoms with Gasteiger partial charge in [0.25, 0.3) is 0 Å². The van der Waals surface area contributed by atoms with Crippen LogP contribution in [0.4, 0.5) is 26.3 Å². The Labute approximate surface area is 188 Å². The monoisotopic (exact) mass is 488 g/mol. The molecule has 3 rings (SSSR count). The van der Waals surface area contributed by atoms with E-state index in [9.17, 15) is 41.4 Å². The van der Waals surface area contributed by atoms with E-state index < -0.39 is 54.6 Å². The van der Waals surface area contributed by atoms with Crippen LogP contribution in [0.25, 0.3) is 0 Å². The molecule has 1 aliphatic rings. The summed E-state index contributed by atoms with van der Waals surface area (Å²) in [7, 11) is -1.49. The number of ether oxygens (including phenoxy) is 2. The second-order valence-electron chi connectivity index (χ2n) is 7.56. The quantitative estimate of drug-likeness (QED) is 0.478. The SMILES string of the molecule is CC(C#N)(COc1cc2c(cc1C(F)(F)F)COB2O)c1cc(OC(F)(F)F)ccc1C(N)=O. The molecule has 34 heavy (non-hydrogen) atoms. The summed E-state index contributed by atoms with van der Waals surface area (Å²) in [6, 6.07) is 5.83. The van der Waals surface area contributed by atoms with Gasteiger partial charge < -0.3 is 24.9 Å². The van der Waals surface area contributed by atoms with E-state index in [1.54, 1.807) is 6.07 Å². The zero-order valence-corrected chi connectivity index (χ0v) is 17.3. The van der Waals surface area contributed by atoms with E-state index in [2.05, 4.69) is 4.74 Å². The van der Waals surface area contributed by atoms with Gasteiger partial charge in [0.15, 0.2) is 0 Å². The average molecular weight is 488 g/mol. The molecule has 1 unspecified atom stereocenters. The third-order valence-corrected chi connectivity index (χ3v) is 5.06. The van der Waals surface area contributed by atoms with Crippen LogP contribution in [0, 0.1) is 11.3 Å². The van der Waals surface area contributed by atoms with Crippen LogP contribution >= 0.6 is 0 Å². The molecule has 1 aliphatic heterocycles. The Hall–Kier alpha value is -3.44. The standard InChI is InChI=1S/C20H15BF6N2O5/c1-18(8-28,13-5-11(34-20(25,26)27)2-3-12(13)17(29)30)9-32-16-6-15-10(7-33-21(15)31)4-14(16)19(22,23)24/h2-6,31H,7,9H2,1H3,(H2,29,30). The summed E-state index contributed by atoms with van der Waals surface area (Å²) < 4.78 is 92.7. The van der Waals surface area contributed by atoms with Crippen LogP contribution in [0.1, 0.15) is 34.0 Å². The highest BCUT2D eigenvalue weighted by molar-refractivity contribution is 6.61. The van der Waals surface area contributed by atoms with Crippen molar-refractivity contribution in [2.24, 2.45) is 5.73 Å².